The monoisotopic (exact) mass is 451 g/mol. The van der Waals surface area contributed by atoms with E-state index in [0.717, 1.165) is 20.4 Å². The molecular weight excluding hydrogens is 437 g/mol. The highest BCUT2D eigenvalue weighted by Crippen LogP contribution is 2.24. The molecule has 0 atom stereocenters. The van der Waals surface area contributed by atoms with Gasteiger partial charge in [0.2, 0.25) is 11.8 Å². The molecule has 24 heavy (non-hydrogen) atoms. The quantitative estimate of drug-likeness (QED) is 0.461. The normalized spacial score (nSPS) is 10.6. The lowest BCUT2D eigenvalue weighted by atomic mass is 10.2. The van der Waals surface area contributed by atoms with E-state index in [-0.39, 0.29) is 11.7 Å². The van der Waals surface area contributed by atoms with E-state index >= 15 is 0 Å². The number of amides is 1. The Morgan fingerprint density at radius 3 is 2.67 bits per heavy atom. The Morgan fingerprint density at radius 1 is 1.17 bits per heavy atom. The number of aryl methyl sites for hydroxylation is 1. The maximum absolute atomic E-state index is 12.0. The smallest absolute Gasteiger partial charge is 0.277 e. The highest BCUT2D eigenvalue weighted by atomic mass is 127. The molecule has 0 bridgehead atoms. The van der Waals surface area contributed by atoms with Gasteiger partial charge in [0.05, 0.1) is 5.75 Å². The largest absolute Gasteiger partial charge is 0.411 e. The van der Waals surface area contributed by atoms with E-state index in [2.05, 4.69) is 38.1 Å². The van der Waals surface area contributed by atoms with Crippen molar-refractivity contribution in [1.29, 1.82) is 0 Å². The number of carbonyl (C=O) groups excluding carboxylic acids is 1. The van der Waals surface area contributed by atoms with Gasteiger partial charge >= 0.3 is 0 Å². The van der Waals surface area contributed by atoms with Crippen LogP contribution in [0.5, 0.6) is 0 Å². The summed E-state index contributed by atoms with van der Waals surface area (Å²) in [5.74, 6) is 0.555. The second kappa shape index (κ2) is 7.80. The van der Waals surface area contributed by atoms with Crippen LogP contribution in [0, 0.1) is 10.5 Å². The SMILES string of the molecule is Cc1ccccc1NC(=O)CSc1nnc(-c2ccc(I)cc2)o1. The fraction of sp³-hybridized carbons (Fsp3) is 0.118. The average molecular weight is 451 g/mol. The fourth-order valence-corrected chi connectivity index (χ4v) is 2.93. The molecule has 0 saturated carbocycles. The minimum Gasteiger partial charge on any atom is -0.411 e. The molecule has 0 spiro atoms. The van der Waals surface area contributed by atoms with Crippen LogP contribution >= 0.6 is 34.4 Å². The van der Waals surface area contributed by atoms with Gasteiger partial charge in [-0.05, 0) is 65.4 Å². The van der Waals surface area contributed by atoms with Crippen LogP contribution in [-0.4, -0.2) is 21.9 Å². The topological polar surface area (TPSA) is 68.0 Å². The number of halogens is 1. The number of benzene rings is 2. The average Bonchev–Trinajstić information content (AvgIpc) is 3.05. The van der Waals surface area contributed by atoms with Crippen LogP contribution in [0.4, 0.5) is 5.69 Å². The van der Waals surface area contributed by atoms with Gasteiger partial charge in [0, 0.05) is 14.8 Å². The molecule has 3 rings (SSSR count). The van der Waals surface area contributed by atoms with Crippen LogP contribution < -0.4 is 5.32 Å². The Kier molecular flexibility index (Phi) is 5.52. The van der Waals surface area contributed by atoms with Crippen molar-refractivity contribution in [3.05, 3.63) is 57.7 Å². The van der Waals surface area contributed by atoms with E-state index in [9.17, 15) is 4.79 Å². The van der Waals surface area contributed by atoms with Crippen molar-refractivity contribution in [3.8, 4) is 11.5 Å². The lowest BCUT2D eigenvalue weighted by molar-refractivity contribution is -0.113. The first kappa shape index (κ1) is 17.0. The molecule has 3 aromatic rings. The molecule has 0 fully saturated rings. The summed E-state index contributed by atoms with van der Waals surface area (Å²) in [6, 6.07) is 15.5. The second-order valence-electron chi connectivity index (χ2n) is 5.03. The highest BCUT2D eigenvalue weighted by molar-refractivity contribution is 14.1. The zero-order valence-electron chi connectivity index (χ0n) is 12.8. The number of nitrogens with one attached hydrogen (secondary N) is 1. The summed E-state index contributed by atoms with van der Waals surface area (Å²) in [5, 5.41) is 11.2. The highest BCUT2D eigenvalue weighted by Gasteiger charge is 2.11. The zero-order valence-corrected chi connectivity index (χ0v) is 15.8. The van der Waals surface area contributed by atoms with Gasteiger partial charge in [0.1, 0.15) is 0 Å². The number of hydrogen-bond donors (Lipinski definition) is 1. The number of anilines is 1. The molecule has 122 valence electrons. The van der Waals surface area contributed by atoms with Gasteiger partial charge in [-0.15, -0.1) is 10.2 Å². The minimum absolute atomic E-state index is 0.108. The predicted octanol–water partition coefficient (Wildman–Crippen LogP) is 4.38. The molecule has 0 radical (unpaired) electrons. The first-order chi connectivity index (χ1) is 11.6. The first-order valence-electron chi connectivity index (χ1n) is 7.19. The summed E-state index contributed by atoms with van der Waals surface area (Å²) in [5.41, 5.74) is 2.70. The fourth-order valence-electron chi connectivity index (χ4n) is 2.00. The molecule has 1 N–H and O–H groups in total. The molecule has 0 saturated heterocycles. The van der Waals surface area contributed by atoms with E-state index in [0.29, 0.717) is 11.1 Å². The van der Waals surface area contributed by atoms with E-state index in [1.807, 2.05) is 55.5 Å². The number of hydrogen-bond acceptors (Lipinski definition) is 5. The molecule has 7 heteroatoms. The van der Waals surface area contributed by atoms with Crippen LogP contribution in [0.3, 0.4) is 0 Å². The van der Waals surface area contributed by atoms with Crippen molar-refractivity contribution < 1.29 is 9.21 Å². The number of carbonyl (C=O) groups is 1. The first-order valence-corrected chi connectivity index (χ1v) is 9.26. The lowest BCUT2D eigenvalue weighted by Gasteiger charge is -2.06. The van der Waals surface area contributed by atoms with E-state index < -0.39 is 0 Å². The molecule has 0 aliphatic rings. The molecule has 0 aliphatic heterocycles. The van der Waals surface area contributed by atoms with Gasteiger partial charge in [-0.2, -0.15) is 0 Å². The third kappa shape index (κ3) is 4.35. The Morgan fingerprint density at radius 2 is 1.92 bits per heavy atom. The Bertz CT molecular complexity index is 849. The summed E-state index contributed by atoms with van der Waals surface area (Å²) in [6.45, 7) is 1.95. The third-order valence-corrected chi connectivity index (χ3v) is 4.78. The standard InChI is InChI=1S/C17H14IN3O2S/c1-11-4-2-3-5-14(11)19-15(22)10-24-17-21-20-16(23-17)12-6-8-13(18)9-7-12/h2-9H,10H2,1H3,(H,19,22). The van der Waals surface area contributed by atoms with Crippen LogP contribution in [-0.2, 0) is 4.79 Å². The van der Waals surface area contributed by atoms with Crippen LogP contribution in [0.25, 0.3) is 11.5 Å². The van der Waals surface area contributed by atoms with Crippen molar-refractivity contribution in [2.75, 3.05) is 11.1 Å². The summed E-state index contributed by atoms with van der Waals surface area (Å²) in [7, 11) is 0. The maximum atomic E-state index is 12.0. The van der Waals surface area contributed by atoms with Gasteiger partial charge < -0.3 is 9.73 Å². The van der Waals surface area contributed by atoms with Crippen LogP contribution in [0.2, 0.25) is 0 Å². The Hall–Kier alpha value is -1.87. The maximum Gasteiger partial charge on any atom is 0.277 e. The van der Waals surface area contributed by atoms with Gasteiger partial charge in [-0.25, -0.2) is 0 Å². The van der Waals surface area contributed by atoms with Crippen molar-refractivity contribution in [1.82, 2.24) is 10.2 Å². The van der Waals surface area contributed by atoms with Crippen molar-refractivity contribution >= 4 is 45.9 Å². The van der Waals surface area contributed by atoms with Crippen molar-refractivity contribution in [3.63, 3.8) is 0 Å². The third-order valence-electron chi connectivity index (χ3n) is 3.24. The summed E-state index contributed by atoms with van der Waals surface area (Å²) in [6.07, 6.45) is 0. The van der Waals surface area contributed by atoms with E-state index in [4.69, 9.17) is 4.42 Å². The second-order valence-corrected chi connectivity index (χ2v) is 7.20. The van der Waals surface area contributed by atoms with Crippen molar-refractivity contribution in [2.24, 2.45) is 0 Å². The Labute approximate surface area is 157 Å². The van der Waals surface area contributed by atoms with Gasteiger partial charge in [0.25, 0.3) is 5.22 Å². The number of rotatable bonds is 5. The summed E-state index contributed by atoms with van der Waals surface area (Å²) < 4.78 is 6.73. The van der Waals surface area contributed by atoms with Gasteiger partial charge in [-0.3, -0.25) is 4.79 Å². The van der Waals surface area contributed by atoms with E-state index in [1.165, 1.54) is 11.8 Å². The van der Waals surface area contributed by atoms with Crippen LogP contribution in [0.1, 0.15) is 5.56 Å². The number of para-hydroxylation sites is 1. The van der Waals surface area contributed by atoms with Gasteiger partial charge in [0.15, 0.2) is 0 Å². The lowest BCUT2D eigenvalue weighted by Crippen LogP contribution is -2.14. The van der Waals surface area contributed by atoms with E-state index in [1.54, 1.807) is 0 Å². The van der Waals surface area contributed by atoms with Crippen molar-refractivity contribution in [2.45, 2.75) is 12.1 Å². The molecule has 0 unspecified atom stereocenters. The Balaban J connectivity index is 1.58. The summed E-state index contributed by atoms with van der Waals surface area (Å²) >= 11 is 3.46. The number of nitrogens with zero attached hydrogens (tertiary/aromatic N) is 2. The molecule has 1 amide bonds. The predicted molar refractivity (Wildman–Crippen MR) is 103 cm³/mol. The van der Waals surface area contributed by atoms with Gasteiger partial charge in [-0.1, -0.05) is 30.0 Å². The molecule has 2 aromatic carbocycles. The molecular formula is C17H14IN3O2S. The molecule has 0 aliphatic carbocycles. The zero-order chi connectivity index (χ0) is 16.9. The summed E-state index contributed by atoms with van der Waals surface area (Å²) in [4.78, 5) is 12.0. The molecule has 5 nitrogen and oxygen atoms in total. The van der Waals surface area contributed by atoms with Crippen LogP contribution in [0.15, 0.2) is 58.2 Å². The molecule has 1 aromatic heterocycles. The number of aromatic nitrogens is 2. The number of thioether (sulfide) groups is 1. The minimum atomic E-state index is -0.108. The molecule has 1 heterocycles.